The van der Waals surface area contributed by atoms with Gasteiger partial charge in [0.25, 0.3) is 0 Å². The van der Waals surface area contributed by atoms with Gasteiger partial charge in [-0.1, -0.05) is 60.7 Å². The average Bonchev–Trinajstić information content (AvgIpc) is 3.17. The van der Waals surface area contributed by atoms with E-state index in [1.807, 2.05) is 73.0 Å². The molecule has 0 bridgehead atoms. The van der Waals surface area contributed by atoms with Crippen LogP contribution in [0.1, 0.15) is 21.8 Å². The molecule has 0 aliphatic carbocycles. The summed E-state index contributed by atoms with van der Waals surface area (Å²) in [5.41, 5.74) is 2.75. The minimum atomic E-state index is -0.748. The van der Waals surface area contributed by atoms with Gasteiger partial charge in [0, 0.05) is 17.5 Å². The first kappa shape index (κ1) is 20.5. The molecule has 0 fully saturated rings. The third-order valence-electron chi connectivity index (χ3n) is 4.18. The van der Waals surface area contributed by atoms with Crippen LogP contribution in [0.2, 0.25) is 0 Å². The van der Waals surface area contributed by atoms with Crippen molar-refractivity contribution in [2.45, 2.75) is 32.5 Å². The summed E-state index contributed by atoms with van der Waals surface area (Å²) in [5.74, 6) is -0.279. The molecular formula is C22H23N3O3S. The first-order valence-corrected chi connectivity index (χ1v) is 10.2. The van der Waals surface area contributed by atoms with Crippen molar-refractivity contribution >= 4 is 23.3 Å². The topological polar surface area (TPSA) is 80.3 Å². The molecule has 2 N–H and O–H groups in total. The van der Waals surface area contributed by atoms with Crippen molar-refractivity contribution in [3.8, 4) is 0 Å². The van der Waals surface area contributed by atoms with Gasteiger partial charge in [-0.2, -0.15) is 0 Å². The Labute approximate surface area is 173 Å². The zero-order valence-corrected chi connectivity index (χ0v) is 16.9. The smallest absolute Gasteiger partial charge is 0.408 e. The van der Waals surface area contributed by atoms with Crippen molar-refractivity contribution in [3.63, 3.8) is 0 Å². The number of benzene rings is 2. The van der Waals surface area contributed by atoms with E-state index in [0.29, 0.717) is 13.0 Å². The van der Waals surface area contributed by atoms with E-state index in [-0.39, 0.29) is 12.5 Å². The minimum Gasteiger partial charge on any atom is -0.445 e. The van der Waals surface area contributed by atoms with Crippen LogP contribution in [0.4, 0.5) is 4.79 Å². The van der Waals surface area contributed by atoms with Crippen molar-refractivity contribution in [3.05, 3.63) is 87.9 Å². The van der Waals surface area contributed by atoms with Gasteiger partial charge < -0.3 is 15.4 Å². The highest BCUT2D eigenvalue weighted by atomic mass is 32.1. The summed E-state index contributed by atoms with van der Waals surface area (Å²) in [5, 5.41) is 8.29. The van der Waals surface area contributed by atoms with Crippen LogP contribution >= 0.6 is 11.3 Å². The number of ether oxygens (including phenoxy) is 1. The molecule has 150 valence electrons. The van der Waals surface area contributed by atoms with Gasteiger partial charge in [-0.25, -0.2) is 9.78 Å². The maximum atomic E-state index is 12.7. The quantitative estimate of drug-likeness (QED) is 0.596. The molecule has 2 amide bonds. The van der Waals surface area contributed by atoms with E-state index >= 15 is 0 Å². The summed E-state index contributed by atoms with van der Waals surface area (Å²) in [4.78, 5) is 29.3. The number of rotatable bonds is 8. The number of hydrogen-bond donors (Lipinski definition) is 2. The third kappa shape index (κ3) is 6.73. The summed E-state index contributed by atoms with van der Waals surface area (Å²) in [6.07, 6.45) is -0.265. The Kier molecular flexibility index (Phi) is 7.35. The number of aryl methyl sites for hydroxylation is 1. The number of carbonyl (C=O) groups excluding carboxylic acids is 2. The van der Waals surface area contributed by atoms with Crippen LogP contribution in [-0.4, -0.2) is 23.0 Å². The van der Waals surface area contributed by atoms with E-state index in [2.05, 4.69) is 15.6 Å². The fourth-order valence-electron chi connectivity index (χ4n) is 2.74. The largest absolute Gasteiger partial charge is 0.445 e. The van der Waals surface area contributed by atoms with Crippen molar-refractivity contribution in [2.24, 2.45) is 0 Å². The summed E-state index contributed by atoms with van der Waals surface area (Å²) >= 11 is 1.49. The fraction of sp³-hybridized carbons (Fsp3) is 0.227. The van der Waals surface area contributed by atoms with Gasteiger partial charge in [-0.3, -0.25) is 4.79 Å². The molecule has 0 saturated heterocycles. The van der Waals surface area contributed by atoms with Crippen LogP contribution in [0.5, 0.6) is 0 Å². The lowest BCUT2D eigenvalue weighted by atomic mass is 10.1. The lowest BCUT2D eigenvalue weighted by Gasteiger charge is -2.18. The van der Waals surface area contributed by atoms with E-state index in [1.165, 1.54) is 11.3 Å². The predicted octanol–water partition coefficient (Wildman–Crippen LogP) is 3.61. The number of nitrogens with one attached hydrogen (secondary N) is 2. The highest BCUT2D eigenvalue weighted by molar-refractivity contribution is 7.09. The number of alkyl carbamates (subject to hydrolysis) is 1. The normalized spacial score (nSPS) is 11.5. The van der Waals surface area contributed by atoms with Crippen molar-refractivity contribution in [1.82, 2.24) is 15.6 Å². The summed E-state index contributed by atoms with van der Waals surface area (Å²) in [7, 11) is 0. The van der Waals surface area contributed by atoms with Crippen molar-refractivity contribution in [2.75, 3.05) is 0 Å². The molecule has 3 aromatic rings. The second kappa shape index (κ2) is 10.4. The molecule has 1 atom stereocenters. The van der Waals surface area contributed by atoms with Gasteiger partial charge in [0.1, 0.15) is 17.7 Å². The van der Waals surface area contributed by atoms with Crippen LogP contribution in [0.15, 0.2) is 66.0 Å². The highest BCUT2D eigenvalue weighted by Gasteiger charge is 2.22. The molecule has 0 unspecified atom stereocenters. The molecular weight excluding hydrogens is 386 g/mol. The molecule has 3 rings (SSSR count). The number of amides is 2. The minimum absolute atomic E-state index is 0.144. The summed E-state index contributed by atoms with van der Waals surface area (Å²) in [6.45, 7) is 2.37. The van der Waals surface area contributed by atoms with Crippen LogP contribution in [-0.2, 0) is 29.1 Å². The van der Waals surface area contributed by atoms with E-state index < -0.39 is 12.1 Å². The van der Waals surface area contributed by atoms with E-state index in [4.69, 9.17) is 4.74 Å². The van der Waals surface area contributed by atoms with Gasteiger partial charge in [0.2, 0.25) is 5.91 Å². The Hall–Kier alpha value is -3.19. The Morgan fingerprint density at radius 2 is 1.69 bits per heavy atom. The van der Waals surface area contributed by atoms with Crippen molar-refractivity contribution in [1.29, 1.82) is 0 Å². The zero-order chi connectivity index (χ0) is 20.5. The lowest BCUT2D eigenvalue weighted by Crippen LogP contribution is -2.48. The number of hydrogen-bond acceptors (Lipinski definition) is 5. The lowest BCUT2D eigenvalue weighted by molar-refractivity contribution is -0.123. The molecule has 0 spiro atoms. The van der Waals surface area contributed by atoms with E-state index in [9.17, 15) is 9.59 Å². The maximum absolute atomic E-state index is 12.7. The second-order valence-electron chi connectivity index (χ2n) is 6.55. The molecule has 2 aromatic carbocycles. The van der Waals surface area contributed by atoms with E-state index in [1.54, 1.807) is 0 Å². The van der Waals surface area contributed by atoms with Gasteiger partial charge in [-0.15, -0.1) is 11.3 Å². The molecule has 0 saturated carbocycles. The first-order chi connectivity index (χ1) is 14.1. The van der Waals surface area contributed by atoms with E-state index in [0.717, 1.165) is 21.8 Å². The fourth-order valence-corrected chi connectivity index (χ4v) is 3.45. The number of thiazole rings is 1. The predicted molar refractivity (Wildman–Crippen MR) is 112 cm³/mol. The van der Waals surface area contributed by atoms with Crippen molar-refractivity contribution < 1.29 is 14.3 Å². The molecule has 29 heavy (non-hydrogen) atoms. The monoisotopic (exact) mass is 409 g/mol. The molecule has 1 heterocycles. The second-order valence-corrected chi connectivity index (χ2v) is 7.49. The highest BCUT2D eigenvalue weighted by Crippen LogP contribution is 2.09. The van der Waals surface area contributed by atoms with Gasteiger partial charge in [-0.05, 0) is 18.1 Å². The zero-order valence-electron chi connectivity index (χ0n) is 16.1. The maximum Gasteiger partial charge on any atom is 0.408 e. The number of carbonyl (C=O) groups is 2. The first-order valence-electron chi connectivity index (χ1n) is 9.30. The summed E-state index contributed by atoms with van der Waals surface area (Å²) in [6, 6.07) is 18.2. The van der Waals surface area contributed by atoms with Crippen LogP contribution in [0.3, 0.4) is 0 Å². The third-order valence-corrected chi connectivity index (χ3v) is 5.15. The Balaban J connectivity index is 1.60. The summed E-state index contributed by atoms with van der Waals surface area (Å²) < 4.78 is 5.27. The average molecular weight is 410 g/mol. The molecule has 1 aromatic heterocycles. The molecule has 0 radical (unpaired) electrons. The van der Waals surface area contributed by atoms with Crippen LogP contribution < -0.4 is 10.6 Å². The Bertz CT molecular complexity index is 929. The molecule has 7 heteroatoms. The Morgan fingerprint density at radius 3 is 2.31 bits per heavy atom. The molecule has 0 aliphatic rings. The van der Waals surface area contributed by atoms with Gasteiger partial charge >= 0.3 is 6.09 Å². The number of nitrogens with zero attached hydrogens (tertiary/aromatic N) is 1. The van der Waals surface area contributed by atoms with Gasteiger partial charge in [0.15, 0.2) is 0 Å². The Morgan fingerprint density at radius 1 is 1.03 bits per heavy atom. The molecule has 0 aliphatic heterocycles. The SMILES string of the molecule is Cc1csc(CNC(=O)[C@@H](Cc2ccccc2)NC(=O)OCc2ccccc2)n1. The molecule has 6 nitrogen and oxygen atoms in total. The van der Waals surface area contributed by atoms with Gasteiger partial charge in [0.05, 0.1) is 6.54 Å². The van der Waals surface area contributed by atoms with Crippen LogP contribution in [0, 0.1) is 6.92 Å². The number of aromatic nitrogens is 1. The standard InChI is InChI=1S/C22H23N3O3S/c1-16-15-29-20(24-16)13-23-21(26)19(12-17-8-4-2-5-9-17)25-22(27)28-14-18-10-6-3-7-11-18/h2-11,15,19H,12-14H2,1H3,(H,23,26)(H,25,27)/t19-/m1/s1. The van der Waals surface area contributed by atoms with Crippen LogP contribution in [0.25, 0.3) is 0 Å².